The van der Waals surface area contributed by atoms with E-state index in [4.69, 9.17) is 4.74 Å². The summed E-state index contributed by atoms with van der Waals surface area (Å²) in [6.45, 7) is 6.03. The quantitative estimate of drug-likeness (QED) is 0.841. The highest BCUT2D eigenvalue weighted by atomic mass is 16.5. The van der Waals surface area contributed by atoms with Crippen molar-refractivity contribution in [2.45, 2.75) is 45.6 Å². The second kappa shape index (κ2) is 7.06. The Kier molecular flexibility index (Phi) is 5.41. The zero-order valence-corrected chi connectivity index (χ0v) is 12.5. The highest BCUT2D eigenvalue weighted by Crippen LogP contribution is 2.25. The first-order valence-electron chi connectivity index (χ1n) is 7.53. The van der Waals surface area contributed by atoms with Crippen LogP contribution >= 0.6 is 0 Å². The topological polar surface area (TPSA) is 21.3 Å². The predicted molar refractivity (Wildman–Crippen MR) is 80.5 cm³/mol. The molecule has 2 rings (SSSR count). The van der Waals surface area contributed by atoms with Gasteiger partial charge in [-0.1, -0.05) is 36.6 Å². The first-order valence-corrected chi connectivity index (χ1v) is 7.53. The Morgan fingerprint density at radius 3 is 2.68 bits per heavy atom. The third kappa shape index (κ3) is 4.05. The Balaban J connectivity index is 1.89. The second-order valence-electron chi connectivity index (χ2n) is 5.89. The van der Waals surface area contributed by atoms with Gasteiger partial charge in [0.1, 0.15) is 0 Å². The fraction of sp³-hybridized carbons (Fsp3) is 0.647. The fourth-order valence-corrected chi connectivity index (χ4v) is 2.99. The van der Waals surface area contributed by atoms with Crippen LogP contribution in [0.25, 0.3) is 0 Å². The average molecular weight is 261 g/mol. The number of ether oxygens (including phenoxy) is 1. The summed E-state index contributed by atoms with van der Waals surface area (Å²) < 4.78 is 5.96. The van der Waals surface area contributed by atoms with Crippen molar-refractivity contribution in [1.82, 2.24) is 5.32 Å². The third-order valence-electron chi connectivity index (χ3n) is 4.27. The molecule has 2 nitrogen and oxygen atoms in total. The standard InChI is InChI=1S/C17H27NO/c1-13-8-9-14(2)16(10-13)17(18-3)12-19-11-15-6-4-5-7-15/h8-10,15,17-18H,4-7,11-12H2,1-3H3. The number of hydrogen-bond acceptors (Lipinski definition) is 2. The minimum absolute atomic E-state index is 0.307. The van der Waals surface area contributed by atoms with Crippen molar-refractivity contribution in [3.05, 3.63) is 34.9 Å². The van der Waals surface area contributed by atoms with Gasteiger partial charge in [0.25, 0.3) is 0 Å². The van der Waals surface area contributed by atoms with Crippen LogP contribution in [0, 0.1) is 19.8 Å². The molecule has 1 aliphatic rings. The minimum atomic E-state index is 0.307. The molecule has 2 heteroatoms. The van der Waals surface area contributed by atoms with Gasteiger partial charge in [-0.25, -0.2) is 0 Å². The zero-order chi connectivity index (χ0) is 13.7. The number of aryl methyl sites for hydroxylation is 2. The molecule has 0 amide bonds. The van der Waals surface area contributed by atoms with Gasteiger partial charge in [0.05, 0.1) is 12.6 Å². The van der Waals surface area contributed by atoms with E-state index in [0.717, 1.165) is 19.1 Å². The first-order chi connectivity index (χ1) is 9.20. The van der Waals surface area contributed by atoms with Gasteiger partial charge in [0, 0.05) is 6.61 Å². The Labute approximate surface area is 117 Å². The van der Waals surface area contributed by atoms with Gasteiger partial charge in [-0.15, -0.1) is 0 Å². The van der Waals surface area contributed by atoms with Crippen molar-refractivity contribution in [2.75, 3.05) is 20.3 Å². The molecule has 1 N–H and O–H groups in total. The van der Waals surface area contributed by atoms with Crippen molar-refractivity contribution in [1.29, 1.82) is 0 Å². The van der Waals surface area contributed by atoms with Gasteiger partial charge in [-0.05, 0) is 50.8 Å². The van der Waals surface area contributed by atoms with E-state index in [2.05, 4.69) is 37.4 Å². The summed E-state index contributed by atoms with van der Waals surface area (Å²) in [6.07, 6.45) is 5.49. The van der Waals surface area contributed by atoms with Crippen molar-refractivity contribution >= 4 is 0 Å². The van der Waals surface area contributed by atoms with Crippen molar-refractivity contribution in [2.24, 2.45) is 5.92 Å². The molecule has 1 aliphatic carbocycles. The monoisotopic (exact) mass is 261 g/mol. The molecule has 1 atom stereocenters. The highest BCUT2D eigenvalue weighted by Gasteiger charge is 2.17. The summed E-state index contributed by atoms with van der Waals surface area (Å²) in [7, 11) is 2.02. The molecule has 0 aliphatic heterocycles. The van der Waals surface area contributed by atoms with Crippen molar-refractivity contribution in [3.63, 3.8) is 0 Å². The van der Waals surface area contributed by atoms with Crippen LogP contribution in [0.15, 0.2) is 18.2 Å². The summed E-state index contributed by atoms with van der Waals surface area (Å²) in [5.74, 6) is 0.802. The number of nitrogens with one attached hydrogen (secondary N) is 1. The molecular weight excluding hydrogens is 234 g/mol. The van der Waals surface area contributed by atoms with Crippen LogP contribution in [0.5, 0.6) is 0 Å². The van der Waals surface area contributed by atoms with Crippen LogP contribution in [0.4, 0.5) is 0 Å². The van der Waals surface area contributed by atoms with Crippen LogP contribution in [-0.2, 0) is 4.74 Å². The van der Waals surface area contributed by atoms with E-state index in [9.17, 15) is 0 Å². The van der Waals surface area contributed by atoms with Crippen molar-refractivity contribution in [3.8, 4) is 0 Å². The van der Waals surface area contributed by atoms with Gasteiger partial charge >= 0.3 is 0 Å². The molecule has 0 spiro atoms. The lowest BCUT2D eigenvalue weighted by Gasteiger charge is -2.20. The molecule has 0 saturated heterocycles. The molecule has 1 aromatic rings. The lowest BCUT2D eigenvalue weighted by molar-refractivity contribution is 0.0843. The van der Waals surface area contributed by atoms with E-state index in [1.54, 1.807) is 0 Å². The predicted octanol–water partition coefficient (Wildman–Crippen LogP) is 3.77. The smallest absolute Gasteiger partial charge is 0.0661 e. The number of likely N-dealkylation sites (N-methyl/N-ethyl adjacent to an activating group) is 1. The third-order valence-corrected chi connectivity index (χ3v) is 4.27. The lowest BCUT2D eigenvalue weighted by Crippen LogP contribution is -2.24. The van der Waals surface area contributed by atoms with Gasteiger partial charge in [0.15, 0.2) is 0 Å². The van der Waals surface area contributed by atoms with E-state index in [0.29, 0.717) is 6.04 Å². The number of benzene rings is 1. The van der Waals surface area contributed by atoms with E-state index in [1.807, 2.05) is 7.05 Å². The minimum Gasteiger partial charge on any atom is -0.379 e. The normalized spacial score (nSPS) is 17.8. The summed E-state index contributed by atoms with van der Waals surface area (Å²) in [4.78, 5) is 0. The zero-order valence-electron chi connectivity index (χ0n) is 12.5. The summed E-state index contributed by atoms with van der Waals surface area (Å²) >= 11 is 0. The van der Waals surface area contributed by atoms with E-state index in [1.165, 1.54) is 42.4 Å². The Morgan fingerprint density at radius 2 is 2.00 bits per heavy atom. The summed E-state index contributed by atoms with van der Waals surface area (Å²) in [5, 5.41) is 3.39. The molecule has 1 saturated carbocycles. The Hall–Kier alpha value is -0.860. The number of rotatable bonds is 6. The number of hydrogen-bond donors (Lipinski definition) is 1. The van der Waals surface area contributed by atoms with Gasteiger partial charge < -0.3 is 10.1 Å². The van der Waals surface area contributed by atoms with Crippen LogP contribution < -0.4 is 5.32 Å². The molecule has 1 unspecified atom stereocenters. The van der Waals surface area contributed by atoms with Crippen LogP contribution in [0.2, 0.25) is 0 Å². The molecule has 1 aromatic carbocycles. The summed E-state index contributed by atoms with van der Waals surface area (Å²) in [6, 6.07) is 6.95. The van der Waals surface area contributed by atoms with Crippen LogP contribution in [0.1, 0.15) is 48.4 Å². The molecule has 1 fully saturated rings. The average Bonchev–Trinajstić information content (AvgIpc) is 2.91. The van der Waals surface area contributed by atoms with Crippen LogP contribution in [0.3, 0.4) is 0 Å². The highest BCUT2D eigenvalue weighted by molar-refractivity contribution is 5.33. The van der Waals surface area contributed by atoms with Gasteiger partial charge in [-0.3, -0.25) is 0 Å². The van der Waals surface area contributed by atoms with E-state index in [-0.39, 0.29) is 0 Å². The van der Waals surface area contributed by atoms with Gasteiger partial charge in [-0.2, -0.15) is 0 Å². The van der Waals surface area contributed by atoms with E-state index >= 15 is 0 Å². The molecule has 106 valence electrons. The Morgan fingerprint density at radius 1 is 1.26 bits per heavy atom. The van der Waals surface area contributed by atoms with E-state index < -0.39 is 0 Å². The second-order valence-corrected chi connectivity index (χ2v) is 5.89. The molecule has 0 radical (unpaired) electrons. The maximum Gasteiger partial charge on any atom is 0.0661 e. The SMILES string of the molecule is CNC(COCC1CCCC1)c1cc(C)ccc1C. The molecule has 0 bridgehead atoms. The lowest BCUT2D eigenvalue weighted by atomic mass is 9.99. The first kappa shape index (κ1) is 14.5. The molecule has 19 heavy (non-hydrogen) atoms. The maximum atomic E-state index is 5.96. The maximum absolute atomic E-state index is 5.96. The Bertz CT molecular complexity index is 396. The molecular formula is C17H27NO. The van der Waals surface area contributed by atoms with Crippen LogP contribution in [-0.4, -0.2) is 20.3 Å². The fourth-order valence-electron chi connectivity index (χ4n) is 2.99. The van der Waals surface area contributed by atoms with Gasteiger partial charge in [0.2, 0.25) is 0 Å². The molecule has 0 aromatic heterocycles. The largest absolute Gasteiger partial charge is 0.379 e. The summed E-state index contributed by atoms with van der Waals surface area (Å²) in [5.41, 5.74) is 4.03. The van der Waals surface area contributed by atoms with Crippen molar-refractivity contribution < 1.29 is 4.74 Å². The molecule has 0 heterocycles.